The van der Waals surface area contributed by atoms with Gasteiger partial charge in [-0.05, 0) is 22.9 Å². The maximum absolute atomic E-state index is 4.09. The first-order valence-corrected chi connectivity index (χ1v) is 4.74. The van der Waals surface area contributed by atoms with Crippen molar-refractivity contribution in [1.82, 2.24) is 4.98 Å². The van der Waals surface area contributed by atoms with E-state index in [4.69, 9.17) is 0 Å². The van der Waals surface area contributed by atoms with Gasteiger partial charge in [-0.1, -0.05) is 0 Å². The third-order valence-electron chi connectivity index (χ3n) is 2.03. The molecular formula is C8H10BrN3. The van der Waals surface area contributed by atoms with Gasteiger partial charge in [0.05, 0.1) is 28.7 Å². The fraction of sp³-hybridized carbons (Fsp3) is 0.375. The lowest BCUT2D eigenvalue weighted by molar-refractivity contribution is 0.908. The Kier molecular flexibility index (Phi) is 1.92. The van der Waals surface area contributed by atoms with E-state index >= 15 is 0 Å². The molecule has 0 amide bonds. The van der Waals surface area contributed by atoms with E-state index in [0.717, 1.165) is 23.4 Å². The quantitative estimate of drug-likeness (QED) is 0.797. The van der Waals surface area contributed by atoms with E-state index in [9.17, 15) is 0 Å². The summed E-state index contributed by atoms with van der Waals surface area (Å²) in [7, 11) is 0. The van der Waals surface area contributed by atoms with Crippen LogP contribution in [0.5, 0.6) is 0 Å². The standard InChI is InChI=1S/C8H10BrN3/c1-2-12-5-11-7-4-10-3-6(9)8(7)12/h3-4,11H,2,5H2,1H3. The van der Waals surface area contributed by atoms with Crippen LogP contribution < -0.4 is 10.2 Å². The number of fused-ring (bicyclic) bond motifs is 1. The van der Waals surface area contributed by atoms with Gasteiger partial charge < -0.3 is 10.2 Å². The Morgan fingerprint density at radius 3 is 3.25 bits per heavy atom. The number of aromatic nitrogens is 1. The van der Waals surface area contributed by atoms with Gasteiger partial charge in [-0.25, -0.2) is 0 Å². The average molecular weight is 228 g/mol. The maximum Gasteiger partial charge on any atom is 0.0878 e. The van der Waals surface area contributed by atoms with E-state index < -0.39 is 0 Å². The van der Waals surface area contributed by atoms with Crippen LogP contribution >= 0.6 is 15.9 Å². The molecule has 3 nitrogen and oxygen atoms in total. The monoisotopic (exact) mass is 227 g/mol. The first-order chi connectivity index (χ1) is 5.83. The number of hydrogen-bond acceptors (Lipinski definition) is 3. The summed E-state index contributed by atoms with van der Waals surface area (Å²) in [5, 5.41) is 3.28. The Morgan fingerprint density at radius 1 is 1.67 bits per heavy atom. The minimum Gasteiger partial charge on any atom is -0.365 e. The fourth-order valence-corrected chi connectivity index (χ4v) is 1.99. The number of pyridine rings is 1. The number of nitrogens with one attached hydrogen (secondary N) is 1. The molecule has 1 aliphatic rings. The van der Waals surface area contributed by atoms with Crippen molar-refractivity contribution in [3.63, 3.8) is 0 Å². The molecule has 0 atom stereocenters. The molecule has 0 bridgehead atoms. The third kappa shape index (κ3) is 1.06. The van der Waals surface area contributed by atoms with Crippen molar-refractivity contribution in [2.24, 2.45) is 0 Å². The van der Waals surface area contributed by atoms with Crippen LogP contribution in [0.2, 0.25) is 0 Å². The summed E-state index contributed by atoms with van der Waals surface area (Å²) in [6.07, 6.45) is 3.68. The Hall–Kier alpha value is -0.770. The van der Waals surface area contributed by atoms with Crippen molar-refractivity contribution in [3.8, 4) is 0 Å². The van der Waals surface area contributed by atoms with E-state index in [0.29, 0.717) is 0 Å². The van der Waals surface area contributed by atoms with E-state index in [1.165, 1.54) is 5.69 Å². The lowest BCUT2D eigenvalue weighted by Crippen LogP contribution is -2.21. The number of anilines is 2. The SMILES string of the molecule is CCN1CNc2cncc(Br)c21. The van der Waals surface area contributed by atoms with Gasteiger partial charge in [0, 0.05) is 12.7 Å². The van der Waals surface area contributed by atoms with Gasteiger partial charge in [0.25, 0.3) is 0 Å². The molecule has 0 aliphatic carbocycles. The summed E-state index contributed by atoms with van der Waals surface area (Å²) in [4.78, 5) is 6.35. The van der Waals surface area contributed by atoms with Gasteiger partial charge in [0.1, 0.15) is 0 Å². The van der Waals surface area contributed by atoms with Crippen LogP contribution in [0.25, 0.3) is 0 Å². The Labute approximate surface area is 79.9 Å². The number of nitrogens with zero attached hydrogens (tertiary/aromatic N) is 2. The normalized spacial score (nSPS) is 14.3. The molecule has 12 heavy (non-hydrogen) atoms. The number of rotatable bonds is 1. The Balaban J connectivity index is 2.48. The zero-order valence-corrected chi connectivity index (χ0v) is 8.43. The first kappa shape index (κ1) is 7.86. The molecule has 0 saturated heterocycles. The van der Waals surface area contributed by atoms with E-state index in [2.05, 4.69) is 38.1 Å². The lowest BCUT2D eigenvalue weighted by atomic mass is 10.3. The summed E-state index contributed by atoms with van der Waals surface area (Å²) < 4.78 is 1.06. The molecule has 1 N–H and O–H groups in total. The Bertz CT molecular complexity index is 300. The van der Waals surface area contributed by atoms with Gasteiger partial charge in [-0.15, -0.1) is 0 Å². The van der Waals surface area contributed by atoms with Crippen molar-refractivity contribution < 1.29 is 0 Å². The molecule has 64 valence electrons. The lowest BCUT2D eigenvalue weighted by Gasteiger charge is -2.15. The van der Waals surface area contributed by atoms with Crippen LogP contribution in [0, 0.1) is 0 Å². The second kappa shape index (κ2) is 2.94. The first-order valence-electron chi connectivity index (χ1n) is 3.95. The van der Waals surface area contributed by atoms with Crippen LogP contribution in [-0.2, 0) is 0 Å². The smallest absolute Gasteiger partial charge is 0.0878 e. The van der Waals surface area contributed by atoms with Crippen LogP contribution in [0.15, 0.2) is 16.9 Å². The van der Waals surface area contributed by atoms with Crippen molar-refractivity contribution in [2.75, 3.05) is 23.4 Å². The third-order valence-corrected chi connectivity index (χ3v) is 2.61. The number of hydrogen-bond donors (Lipinski definition) is 1. The van der Waals surface area contributed by atoms with Crippen LogP contribution in [0.4, 0.5) is 11.4 Å². The van der Waals surface area contributed by atoms with Gasteiger partial charge in [-0.2, -0.15) is 0 Å². The predicted octanol–water partition coefficient (Wildman–Crippen LogP) is 2.05. The van der Waals surface area contributed by atoms with E-state index in [-0.39, 0.29) is 0 Å². The van der Waals surface area contributed by atoms with Crippen LogP contribution in [0.1, 0.15) is 6.92 Å². The van der Waals surface area contributed by atoms with Crippen LogP contribution in [-0.4, -0.2) is 18.2 Å². The molecule has 0 fully saturated rings. The average Bonchev–Trinajstić information content (AvgIpc) is 2.49. The van der Waals surface area contributed by atoms with E-state index in [1.54, 1.807) is 0 Å². The molecule has 0 radical (unpaired) electrons. The van der Waals surface area contributed by atoms with Gasteiger partial charge in [-0.3, -0.25) is 4.98 Å². The van der Waals surface area contributed by atoms with Gasteiger partial charge in [0.15, 0.2) is 0 Å². The largest absolute Gasteiger partial charge is 0.365 e. The summed E-state index contributed by atoms with van der Waals surface area (Å²) in [5.41, 5.74) is 2.35. The molecular weight excluding hydrogens is 218 g/mol. The van der Waals surface area contributed by atoms with Crippen molar-refractivity contribution in [2.45, 2.75) is 6.92 Å². The zero-order chi connectivity index (χ0) is 8.55. The predicted molar refractivity (Wildman–Crippen MR) is 53.4 cm³/mol. The molecule has 1 aliphatic heterocycles. The molecule has 0 spiro atoms. The maximum atomic E-state index is 4.09. The highest BCUT2D eigenvalue weighted by Crippen LogP contribution is 2.36. The minimum atomic E-state index is 0.885. The van der Waals surface area contributed by atoms with Crippen LogP contribution in [0.3, 0.4) is 0 Å². The second-order valence-electron chi connectivity index (χ2n) is 2.71. The molecule has 0 unspecified atom stereocenters. The minimum absolute atomic E-state index is 0.885. The summed E-state index contributed by atoms with van der Waals surface area (Å²) >= 11 is 3.48. The van der Waals surface area contributed by atoms with Gasteiger partial charge in [0.2, 0.25) is 0 Å². The summed E-state index contributed by atoms with van der Waals surface area (Å²) in [6, 6.07) is 0. The molecule has 0 aromatic carbocycles. The summed E-state index contributed by atoms with van der Waals surface area (Å²) in [5.74, 6) is 0. The second-order valence-corrected chi connectivity index (χ2v) is 3.56. The van der Waals surface area contributed by atoms with Crippen molar-refractivity contribution >= 4 is 27.3 Å². The van der Waals surface area contributed by atoms with Gasteiger partial charge >= 0.3 is 0 Å². The highest BCUT2D eigenvalue weighted by atomic mass is 79.9. The van der Waals surface area contributed by atoms with E-state index in [1.807, 2.05) is 12.4 Å². The van der Waals surface area contributed by atoms with Crippen molar-refractivity contribution in [3.05, 3.63) is 16.9 Å². The number of halogens is 1. The highest BCUT2D eigenvalue weighted by molar-refractivity contribution is 9.10. The van der Waals surface area contributed by atoms with Crippen molar-refractivity contribution in [1.29, 1.82) is 0 Å². The molecule has 1 aromatic heterocycles. The molecule has 0 saturated carbocycles. The molecule has 2 rings (SSSR count). The molecule has 4 heteroatoms. The highest BCUT2D eigenvalue weighted by Gasteiger charge is 2.19. The summed E-state index contributed by atoms with van der Waals surface area (Å²) in [6.45, 7) is 4.04. The molecule has 1 aromatic rings. The fourth-order valence-electron chi connectivity index (χ4n) is 1.41. The Morgan fingerprint density at radius 2 is 2.50 bits per heavy atom. The zero-order valence-electron chi connectivity index (χ0n) is 6.84. The topological polar surface area (TPSA) is 28.2 Å². The molecule has 2 heterocycles.